The van der Waals surface area contributed by atoms with Crippen molar-refractivity contribution in [3.05, 3.63) is 59.5 Å². The SMILES string of the molecule is Cn1cc(-c2cc(Nc3ncc4cc(C#N)cc(Cl)c4n3)cc(O[C@H]3CCNC3)c2)cn1. The number of hydrogen-bond acceptors (Lipinski definition) is 7. The maximum atomic E-state index is 9.14. The topological polar surface area (TPSA) is 101 Å². The first-order valence-corrected chi connectivity index (χ1v) is 10.6. The van der Waals surface area contributed by atoms with E-state index in [1.165, 1.54) is 0 Å². The van der Waals surface area contributed by atoms with E-state index in [9.17, 15) is 0 Å². The summed E-state index contributed by atoms with van der Waals surface area (Å²) in [4.78, 5) is 8.95. The Morgan fingerprint density at radius 3 is 2.88 bits per heavy atom. The van der Waals surface area contributed by atoms with Crippen molar-refractivity contribution in [2.75, 3.05) is 18.4 Å². The molecular weight excluding hydrogens is 426 g/mol. The van der Waals surface area contributed by atoms with E-state index in [2.05, 4.69) is 31.8 Å². The number of hydrogen-bond donors (Lipinski definition) is 2. The first kappa shape index (κ1) is 20.2. The van der Waals surface area contributed by atoms with Crippen molar-refractivity contribution >= 4 is 34.1 Å². The predicted octanol–water partition coefficient (Wildman–Crippen LogP) is 4.04. The molecule has 2 aromatic heterocycles. The average Bonchev–Trinajstić information content (AvgIpc) is 3.45. The molecule has 0 spiro atoms. The summed E-state index contributed by atoms with van der Waals surface area (Å²) >= 11 is 6.34. The van der Waals surface area contributed by atoms with E-state index in [1.54, 1.807) is 23.0 Å². The second kappa shape index (κ2) is 8.46. The quantitative estimate of drug-likeness (QED) is 0.478. The van der Waals surface area contributed by atoms with Crippen LogP contribution in [0.3, 0.4) is 0 Å². The van der Waals surface area contributed by atoms with E-state index in [-0.39, 0.29) is 6.10 Å². The van der Waals surface area contributed by atoms with Crippen molar-refractivity contribution in [1.29, 1.82) is 5.26 Å². The van der Waals surface area contributed by atoms with Gasteiger partial charge in [-0.05, 0) is 42.8 Å². The zero-order chi connectivity index (χ0) is 22.1. The number of halogens is 1. The van der Waals surface area contributed by atoms with Crippen LogP contribution in [0.4, 0.5) is 11.6 Å². The highest BCUT2D eigenvalue weighted by molar-refractivity contribution is 6.35. The number of anilines is 2. The summed E-state index contributed by atoms with van der Waals surface area (Å²) in [5, 5.41) is 21.1. The number of nitriles is 1. The standard InChI is InChI=1S/C23H20ClN7O/c1-31-13-17(11-28-31)15-6-18(8-20(7-15)32-19-2-3-26-12-19)29-23-27-10-16-4-14(9-25)5-21(24)22(16)30-23/h4-8,10-11,13,19,26H,2-3,12H2,1H3,(H,27,29,30)/t19-/m0/s1. The summed E-state index contributed by atoms with van der Waals surface area (Å²) in [6, 6.07) is 11.4. The molecule has 0 amide bonds. The molecule has 0 aliphatic carbocycles. The van der Waals surface area contributed by atoms with Crippen molar-refractivity contribution in [3.63, 3.8) is 0 Å². The van der Waals surface area contributed by atoms with Gasteiger partial charge in [-0.1, -0.05) is 11.6 Å². The molecule has 0 bridgehead atoms. The Bertz CT molecular complexity index is 1340. The molecule has 1 aliphatic rings. The van der Waals surface area contributed by atoms with E-state index in [4.69, 9.17) is 21.6 Å². The molecule has 1 fully saturated rings. The molecule has 3 heterocycles. The smallest absolute Gasteiger partial charge is 0.227 e. The van der Waals surface area contributed by atoms with Crippen LogP contribution in [0.5, 0.6) is 5.75 Å². The minimum absolute atomic E-state index is 0.136. The molecule has 0 radical (unpaired) electrons. The number of nitrogens with one attached hydrogen (secondary N) is 2. The van der Waals surface area contributed by atoms with E-state index in [0.29, 0.717) is 27.4 Å². The Kier molecular flexibility index (Phi) is 5.35. The van der Waals surface area contributed by atoms with Crippen molar-refractivity contribution in [2.24, 2.45) is 7.05 Å². The third kappa shape index (κ3) is 4.21. The zero-order valence-corrected chi connectivity index (χ0v) is 18.1. The fourth-order valence-electron chi connectivity index (χ4n) is 3.75. The number of fused-ring (bicyclic) bond motifs is 1. The summed E-state index contributed by atoms with van der Waals surface area (Å²) in [5.41, 5.74) is 3.80. The minimum atomic E-state index is 0.136. The fourth-order valence-corrected chi connectivity index (χ4v) is 4.02. The third-order valence-electron chi connectivity index (χ3n) is 5.28. The molecule has 0 saturated carbocycles. The molecule has 1 saturated heterocycles. The van der Waals surface area contributed by atoms with Crippen LogP contribution in [0, 0.1) is 11.3 Å². The number of aromatic nitrogens is 4. The maximum Gasteiger partial charge on any atom is 0.227 e. The average molecular weight is 446 g/mol. The summed E-state index contributed by atoms with van der Waals surface area (Å²) in [5.74, 6) is 1.17. The van der Waals surface area contributed by atoms with Crippen LogP contribution in [0.25, 0.3) is 22.0 Å². The molecule has 8 nitrogen and oxygen atoms in total. The van der Waals surface area contributed by atoms with Crippen molar-refractivity contribution < 1.29 is 4.74 Å². The second-order valence-corrected chi connectivity index (χ2v) is 8.11. The predicted molar refractivity (Wildman–Crippen MR) is 123 cm³/mol. The monoisotopic (exact) mass is 445 g/mol. The normalized spacial score (nSPS) is 15.6. The summed E-state index contributed by atoms with van der Waals surface area (Å²) in [7, 11) is 1.89. The van der Waals surface area contributed by atoms with Gasteiger partial charge in [0, 0.05) is 48.7 Å². The second-order valence-electron chi connectivity index (χ2n) is 7.71. The van der Waals surface area contributed by atoms with Gasteiger partial charge in [0.2, 0.25) is 5.95 Å². The summed E-state index contributed by atoms with van der Waals surface area (Å²) in [6.45, 7) is 1.79. The van der Waals surface area contributed by atoms with Crippen LogP contribution in [0.1, 0.15) is 12.0 Å². The largest absolute Gasteiger partial charge is 0.489 e. The van der Waals surface area contributed by atoms with E-state index in [0.717, 1.165) is 42.1 Å². The van der Waals surface area contributed by atoms with Crippen LogP contribution >= 0.6 is 11.6 Å². The van der Waals surface area contributed by atoms with Gasteiger partial charge in [0.1, 0.15) is 11.9 Å². The van der Waals surface area contributed by atoms with Crippen molar-refractivity contribution in [2.45, 2.75) is 12.5 Å². The molecule has 2 aromatic carbocycles. The molecule has 32 heavy (non-hydrogen) atoms. The third-order valence-corrected chi connectivity index (χ3v) is 5.57. The van der Waals surface area contributed by atoms with Crippen LogP contribution in [-0.2, 0) is 7.05 Å². The molecular formula is C23H20ClN7O. The molecule has 0 unspecified atom stereocenters. The Morgan fingerprint density at radius 2 is 2.12 bits per heavy atom. The van der Waals surface area contributed by atoms with Crippen LogP contribution in [-0.4, -0.2) is 38.9 Å². The molecule has 1 aliphatic heterocycles. The molecule has 4 aromatic rings. The number of ether oxygens (including phenoxy) is 1. The highest BCUT2D eigenvalue weighted by Crippen LogP contribution is 2.31. The van der Waals surface area contributed by atoms with Crippen LogP contribution in [0.15, 0.2) is 48.9 Å². The number of rotatable bonds is 5. The maximum absolute atomic E-state index is 9.14. The van der Waals surface area contributed by atoms with E-state index < -0.39 is 0 Å². The first-order valence-electron chi connectivity index (χ1n) is 10.2. The van der Waals surface area contributed by atoms with Gasteiger partial charge in [0.25, 0.3) is 0 Å². The Morgan fingerprint density at radius 1 is 1.22 bits per heavy atom. The van der Waals surface area contributed by atoms with E-state index >= 15 is 0 Å². The van der Waals surface area contributed by atoms with Gasteiger partial charge < -0.3 is 15.4 Å². The van der Waals surface area contributed by atoms with Crippen LogP contribution < -0.4 is 15.4 Å². The molecule has 9 heteroatoms. The number of nitrogens with zero attached hydrogens (tertiary/aromatic N) is 5. The van der Waals surface area contributed by atoms with Gasteiger partial charge in [-0.25, -0.2) is 9.97 Å². The molecule has 2 N–H and O–H groups in total. The van der Waals surface area contributed by atoms with Gasteiger partial charge in [0.05, 0.1) is 28.4 Å². The van der Waals surface area contributed by atoms with Crippen molar-refractivity contribution in [3.8, 4) is 22.9 Å². The zero-order valence-electron chi connectivity index (χ0n) is 17.3. The molecule has 5 rings (SSSR count). The highest BCUT2D eigenvalue weighted by atomic mass is 35.5. The lowest BCUT2D eigenvalue weighted by Crippen LogP contribution is -2.19. The van der Waals surface area contributed by atoms with Gasteiger partial charge >= 0.3 is 0 Å². The lowest BCUT2D eigenvalue weighted by atomic mass is 10.1. The van der Waals surface area contributed by atoms with Gasteiger partial charge in [-0.3, -0.25) is 4.68 Å². The number of aryl methyl sites for hydroxylation is 1. The first-order chi connectivity index (χ1) is 15.6. The van der Waals surface area contributed by atoms with Gasteiger partial charge in [-0.2, -0.15) is 10.4 Å². The lowest BCUT2D eigenvalue weighted by Gasteiger charge is -2.15. The van der Waals surface area contributed by atoms with Gasteiger partial charge in [0.15, 0.2) is 0 Å². The Hall–Kier alpha value is -3.67. The minimum Gasteiger partial charge on any atom is -0.489 e. The Labute approximate surface area is 189 Å². The van der Waals surface area contributed by atoms with Crippen LogP contribution in [0.2, 0.25) is 5.02 Å². The Balaban J connectivity index is 1.50. The lowest BCUT2D eigenvalue weighted by molar-refractivity contribution is 0.223. The number of benzene rings is 2. The summed E-state index contributed by atoms with van der Waals surface area (Å²) in [6.07, 6.45) is 6.54. The fraction of sp³-hybridized carbons (Fsp3) is 0.217. The summed E-state index contributed by atoms with van der Waals surface area (Å²) < 4.78 is 7.98. The van der Waals surface area contributed by atoms with Gasteiger partial charge in [-0.15, -0.1) is 0 Å². The van der Waals surface area contributed by atoms with Crippen molar-refractivity contribution in [1.82, 2.24) is 25.1 Å². The highest BCUT2D eigenvalue weighted by Gasteiger charge is 2.17. The van der Waals surface area contributed by atoms with E-state index in [1.807, 2.05) is 37.6 Å². The molecule has 160 valence electrons. The molecule has 1 atom stereocenters.